The molecule has 20 heavy (non-hydrogen) atoms. The summed E-state index contributed by atoms with van der Waals surface area (Å²) in [6.45, 7) is 0.422. The Morgan fingerprint density at radius 3 is 2.55 bits per heavy atom. The zero-order chi connectivity index (χ0) is 14.5. The van der Waals surface area contributed by atoms with E-state index in [4.69, 9.17) is 0 Å². The van der Waals surface area contributed by atoms with Crippen LogP contribution in [0.2, 0.25) is 0 Å². The van der Waals surface area contributed by atoms with Crippen LogP contribution < -0.4 is 0 Å². The Balaban J connectivity index is 1.82. The fraction of sp³-hybridized carbons (Fsp3) is 0.727. The SMILES string of the molecule is O=C(O)C(C1CC1)N1CCn2c(nnc2C(F)(F)F)C1. The number of aliphatic carboxylic acids is 1. The second-order valence-electron chi connectivity index (χ2n) is 5.18. The van der Waals surface area contributed by atoms with Gasteiger partial charge in [-0.25, -0.2) is 0 Å². The molecule has 1 aliphatic carbocycles. The van der Waals surface area contributed by atoms with Gasteiger partial charge in [0.15, 0.2) is 0 Å². The molecule has 1 aromatic rings. The molecule has 1 unspecified atom stereocenters. The fourth-order valence-corrected chi connectivity index (χ4v) is 2.69. The molecule has 0 amide bonds. The normalized spacial score (nSPS) is 21.6. The standard InChI is InChI=1S/C11H13F3N4O2/c12-11(13,14)10-16-15-7-5-17(3-4-18(7)10)8(9(19)20)6-1-2-6/h6,8H,1-5H2,(H,19,20). The van der Waals surface area contributed by atoms with Crippen LogP contribution in [-0.4, -0.2) is 43.3 Å². The molecule has 6 nitrogen and oxygen atoms in total. The molecule has 2 heterocycles. The van der Waals surface area contributed by atoms with Gasteiger partial charge < -0.3 is 9.67 Å². The highest BCUT2D eigenvalue weighted by Crippen LogP contribution is 2.37. The lowest BCUT2D eigenvalue weighted by Gasteiger charge is -2.32. The lowest BCUT2D eigenvalue weighted by Crippen LogP contribution is -2.47. The van der Waals surface area contributed by atoms with Crippen molar-refractivity contribution in [1.29, 1.82) is 0 Å². The van der Waals surface area contributed by atoms with Gasteiger partial charge >= 0.3 is 12.1 Å². The molecular formula is C11H13F3N4O2. The summed E-state index contributed by atoms with van der Waals surface area (Å²) in [5.74, 6) is -1.65. The van der Waals surface area contributed by atoms with Crippen LogP contribution in [-0.2, 0) is 24.1 Å². The molecule has 110 valence electrons. The second kappa shape index (κ2) is 4.44. The lowest BCUT2D eigenvalue weighted by atomic mass is 10.1. The minimum atomic E-state index is -4.53. The van der Waals surface area contributed by atoms with Crippen LogP contribution in [0.5, 0.6) is 0 Å². The molecule has 0 saturated heterocycles. The summed E-state index contributed by atoms with van der Waals surface area (Å²) in [5, 5.41) is 16.0. The predicted octanol–water partition coefficient (Wildman–Crippen LogP) is 0.976. The van der Waals surface area contributed by atoms with E-state index in [2.05, 4.69) is 10.2 Å². The maximum atomic E-state index is 12.7. The number of carboxylic acid groups (broad SMARTS) is 1. The van der Waals surface area contributed by atoms with Crippen molar-refractivity contribution in [3.8, 4) is 0 Å². The van der Waals surface area contributed by atoms with Crippen molar-refractivity contribution >= 4 is 5.97 Å². The van der Waals surface area contributed by atoms with Crippen molar-refractivity contribution in [1.82, 2.24) is 19.7 Å². The molecule has 1 atom stereocenters. The molecule has 0 aromatic carbocycles. The number of alkyl halides is 3. The highest BCUT2D eigenvalue weighted by molar-refractivity contribution is 5.74. The minimum Gasteiger partial charge on any atom is -0.480 e. The van der Waals surface area contributed by atoms with Crippen LogP contribution in [0, 0.1) is 5.92 Å². The Hall–Kier alpha value is -1.64. The zero-order valence-corrected chi connectivity index (χ0v) is 10.5. The number of halogens is 3. The Labute approximate surface area is 112 Å². The molecular weight excluding hydrogens is 277 g/mol. The first-order valence-electron chi connectivity index (χ1n) is 6.34. The molecule has 0 bridgehead atoms. The Bertz CT molecular complexity index is 538. The van der Waals surface area contributed by atoms with Crippen LogP contribution in [0.4, 0.5) is 13.2 Å². The van der Waals surface area contributed by atoms with E-state index < -0.39 is 24.0 Å². The van der Waals surface area contributed by atoms with Gasteiger partial charge in [-0.1, -0.05) is 0 Å². The van der Waals surface area contributed by atoms with Gasteiger partial charge in [0, 0.05) is 13.1 Å². The van der Waals surface area contributed by atoms with Crippen LogP contribution in [0.25, 0.3) is 0 Å². The average molecular weight is 290 g/mol. The van der Waals surface area contributed by atoms with Gasteiger partial charge in [0.1, 0.15) is 11.9 Å². The topological polar surface area (TPSA) is 71.2 Å². The number of carbonyl (C=O) groups is 1. The zero-order valence-electron chi connectivity index (χ0n) is 10.5. The second-order valence-corrected chi connectivity index (χ2v) is 5.18. The Morgan fingerprint density at radius 2 is 2.00 bits per heavy atom. The van der Waals surface area contributed by atoms with Crippen molar-refractivity contribution < 1.29 is 23.1 Å². The van der Waals surface area contributed by atoms with Crippen molar-refractivity contribution in [2.24, 2.45) is 5.92 Å². The van der Waals surface area contributed by atoms with E-state index in [1.165, 1.54) is 0 Å². The molecule has 1 aromatic heterocycles. The monoisotopic (exact) mass is 290 g/mol. The van der Waals surface area contributed by atoms with Gasteiger partial charge in [-0.15, -0.1) is 10.2 Å². The fourth-order valence-electron chi connectivity index (χ4n) is 2.69. The lowest BCUT2D eigenvalue weighted by molar-refractivity contribution is -0.150. The smallest absolute Gasteiger partial charge is 0.451 e. The summed E-state index contributed by atoms with van der Waals surface area (Å²) in [6, 6.07) is -0.630. The highest BCUT2D eigenvalue weighted by atomic mass is 19.4. The average Bonchev–Trinajstić information content (AvgIpc) is 3.05. The predicted molar refractivity (Wildman–Crippen MR) is 59.6 cm³/mol. The van der Waals surface area contributed by atoms with Crippen molar-refractivity contribution in [3.63, 3.8) is 0 Å². The molecule has 0 spiro atoms. The van der Waals surface area contributed by atoms with Crippen LogP contribution in [0.15, 0.2) is 0 Å². The van der Waals surface area contributed by atoms with E-state index in [9.17, 15) is 23.1 Å². The number of hydrogen-bond donors (Lipinski definition) is 1. The third-order valence-electron chi connectivity index (χ3n) is 3.75. The van der Waals surface area contributed by atoms with Gasteiger partial charge in [0.2, 0.25) is 5.82 Å². The summed E-state index contributed by atoms with van der Waals surface area (Å²) in [7, 11) is 0. The van der Waals surface area contributed by atoms with Gasteiger partial charge in [-0.05, 0) is 18.8 Å². The maximum absolute atomic E-state index is 12.7. The largest absolute Gasteiger partial charge is 0.480 e. The van der Waals surface area contributed by atoms with E-state index in [1.807, 2.05) is 0 Å². The van der Waals surface area contributed by atoms with Crippen molar-refractivity contribution in [2.75, 3.05) is 6.54 Å². The molecule has 3 rings (SSSR count). The summed E-state index contributed by atoms with van der Waals surface area (Å²) >= 11 is 0. The summed E-state index contributed by atoms with van der Waals surface area (Å²) < 4.78 is 39.1. The van der Waals surface area contributed by atoms with Crippen molar-refractivity contribution in [3.05, 3.63) is 11.6 Å². The summed E-state index contributed by atoms with van der Waals surface area (Å²) in [5.41, 5.74) is 0. The first kappa shape index (κ1) is 13.3. The number of aromatic nitrogens is 3. The number of carboxylic acids is 1. The van der Waals surface area contributed by atoms with Crippen LogP contribution in [0.1, 0.15) is 24.5 Å². The Morgan fingerprint density at radius 1 is 1.30 bits per heavy atom. The number of hydrogen-bond acceptors (Lipinski definition) is 4. The summed E-state index contributed by atoms with van der Waals surface area (Å²) in [6.07, 6.45) is -2.82. The van der Waals surface area contributed by atoms with Gasteiger partial charge in [-0.2, -0.15) is 13.2 Å². The third-order valence-corrected chi connectivity index (χ3v) is 3.75. The number of fused-ring (bicyclic) bond motifs is 1. The van der Waals surface area contributed by atoms with Gasteiger partial charge in [0.05, 0.1) is 6.54 Å². The molecule has 2 aliphatic rings. The van der Waals surface area contributed by atoms with Crippen LogP contribution in [0.3, 0.4) is 0 Å². The summed E-state index contributed by atoms with van der Waals surface area (Å²) in [4.78, 5) is 13.0. The molecule has 0 radical (unpaired) electrons. The Kier molecular flexibility index (Phi) is 2.96. The van der Waals surface area contributed by atoms with E-state index in [0.29, 0.717) is 0 Å². The molecule has 9 heteroatoms. The van der Waals surface area contributed by atoms with Crippen molar-refractivity contribution in [2.45, 2.75) is 38.1 Å². The van der Waals surface area contributed by atoms with E-state index in [-0.39, 0.29) is 31.4 Å². The van der Waals surface area contributed by atoms with Gasteiger partial charge in [0.25, 0.3) is 0 Å². The van der Waals surface area contributed by atoms with Gasteiger partial charge in [-0.3, -0.25) is 9.69 Å². The minimum absolute atomic E-state index is 0.0632. The van der Waals surface area contributed by atoms with Crippen LogP contribution >= 0.6 is 0 Å². The number of rotatable bonds is 3. The molecule has 1 N–H and O–H groups in total. The third kappa shape index (κ3) is 2.26. The quantitative estimate of drug-likeness (QED) is 0.898. The molecule has 1 fully saturated rings. The first-order chi connectivity index (χ1) is 9.38. The first-order valence-corrected chi connectivity index (χ1v) is 6.34. The molecule has 1 saturated carbocycles. The van der Waals surface area contributed by atoms with E-state index in [0.717, 1.165) is 17.4 Å². The molecule has 1 aliphatic heterocycles. The van der Waals surface area contributed by atoms with E-state index >= 15 is 0 Å². The highest BCUT2D eigenvalue weighted by Gasteiger charge is 2.44. The maximum Gasteiger partial charge on any atom is 0.451 e. The number of nitrogens with zero attached hydrogens (tertiary/aromatic N) is 4. The van der Waals surface area contributed by atoms with E-state index in [1.54, 1.807) is 4.90 Å².